The van der Waals surface area contributed by atoms with Crippen LogP contribution < -0.4 is 5.73 Å². The van der Waals surface area contributed by atoms with E-state index in [-0.39, 0.29) is 31.0 Å². The van der Waals surface area contributed by atoms with Crippen molar-refractivity contribution in [2.45, 2.75) is 205 Å². The van der Waals surface area contributed by atoms with Crippen molar-refractivity contribution >= 4 is 32.9 Å². The van der Waals surface area contributed by atoms with E-state index in [1.54, 1.807) is 0 Å². The Morgan fingerprint density at radius 3 is 1.36 bits per heavy atom. The van der Waals surface area contributed by atoms with Crippen LogP contribution in [-0.2, 0) is 29.4 Å². The summed E-state index contributed by atoms with van der Waals surface area (Å²) in [7, 11) is -9.76. The monoisotopic (exact) mass is 1010 g/mol. The molecule has 2 aromatic rings. The van der Waals surface area contributed by atoms with Gasteiger partial charge in [0.15, 0.2) is 0 Å². The molecule has 2 saturated carbocycles. The van der Waals surface area contributed by atoms with E-state index >= 15 is 0 Å². The molecule has 0 spiro atoms. The molecule has 0 unspecified atom stereocenters. The molecular formula is C45H78N10O12S2. The van der Waals surface area contributed by atoms with Crippen LogP contribution in [0.25, 0.3) is 0 Å². The van der Waals surface area contributed by atoms with Crippen molar-refractivity contribution in [3.05, 3.63) is 23.6 Å². The fourth-order valence-corrected chi connectivity index (χ4v) is 11.6. The molecular weight excluding hydrogens is 937 g/mol. The third-order valence-electron chi connectivity index (χ3n) is 14.9. The minimum absolute atomic E-state index is 0.182. The molecule has 4 amide bonds. The molecule has 3 N–H and O–H groups in total. The highest BCUT2D eigenvalue weighted by molar-refractivity contribution is 7.81. The number of hydrogen-bond acceptors (Lipinski definition) is 16. The first-order valence-corrected chi connectivity index (χ1v) is 28.4. The zero-order valence-electron chi connectivity index (χ0n) is 41.4. The Morgan fingerprint density at radius 1 is 0.609 bits per heavy atom. The highest BCUT2D eigenvalue weighted by Crippen LogP contribution is 2.42. The zero-order valence-corrected chi connectivity index (χ0v) is 43.0. The van der Waals surface area contributed by atoms with Gasteiger partial charge in [-0.15, -0.1) is 24.7 Å². The van der Waals surface area contributed by atoms with Crippen LogP contribution in [0, 0.1) is 5.92 Å². The van der Waals surface area contributed by atoms with Crippen LogP contribution in [0.5, 0.6) is 0 Å². The second-order valence-electron chi connectivity index (χ2n) is 20.2. The number of piperidine rings is 2. The molecule has 6 aliphatic rings. The summed E-state index contributed by atoms with van der Waals surface area (Å²) >= 11 is 0. The van der Waals surface area contributed by atoms with Gasteiger partial charge < -0.3 is 33.4 Å². The van der Waals surface area contributed by atoms with E-state index in [9.17, 15) is 31.0 Å². The number of nitrogens with zero attached hydrogens (tertiary/aromatic N) is 9. The Hall–Kier alpha value is -3.52. The second-order valence-corrected chi connectivity index (χ2v) is 22.1. The summed E-state index contributed by atoms with van der Waals surface area (Å²) in [5, 5.41) is 17.9. The Kier molecular flexibility index (Phi) is 19.7. The summed E-state index contributed by atoms with van der Waals surface area (Å²) in [4.78, 5) is 27.7. The van der Waals surface area contributed by atoms with Crippen molar-refractivity contribution in [3.63, 3.8) is 0 Å². The van der Waals surface area contributed by atoms with Crippen LogP contribution in [0.3, 0.4) is 0 Å². The smallest absolute Gasteiger partial charge is 0.418 e. The molecule has 8 rings (SSSR count). The van der Waals surface area contributed by atoms with Gasteiger partial charge in [-0.2, -0.15) is 22.8 Å². The van der Waals surface area contributed by atoms with Gasteiger partial charge in [-0.1, -0.05) is 60.3 Å². The summed E-state index contributed by atoms with van der Waals surface area (Å²) < 4.78 is 85.1. The lowest BCUT2D eigenvalue weighted by molar-refractivity contribution is -0.929. The molecule has 2 aromatic heterocycles. The maximum atomic E-state index is 12.4. The molecule has 0 aromatic carbocycles. The molecule has 6 heterocycles. The number of nitrogens with two attached hydrogens (primary N) is 1. The van der Waals surface area contributed by atoms with Gasteiger partial charge in [-0.3, -0.25) is 4.55 Å². The lowest BCUT2D eigenvalue weighted by atomic mass is 9.83. The van der Waals surface area contributed by atoms with Crippen molar-refractivity contribution in [3.8, 4) is 0 Å². The van der Waals surface area contributed by atoms with E-state index in [0.29, 0.717) is 59.4 Å². The minimum atomic E-state index is -5.00. The standard InChI is InChI=1S/C16H36N.C15H22N4O6S.C14H21N5O6S/c1-5-9-13-17(14-10-6-2,15-11-7-3)16-12-8-4;1-9-2-4-10(5-3-9)13-16-17-14(24-13)12-7-6-11-8-18(12)15(20)19(11)25-26(21,22)23;15-9-3-1-8(2-4-9)12-16-17-13(24-12)11-6-5-10-7-18(11)14(20)19(10)25-26(21,22)23/h5-16H2,1-4H3;9-12H,2-8H2,1H3,(H,21,22,23);8-11H,1-7,15H2,(H,21,22,23)/q+1;;/p-1/t;9?,10?,11-,12+;8?,9?,10-,11+/m.11/s1. The third-order valence-corrected chi connectivity index (χ3v) is 15.6. The van der Waals surface area contributed by atoms with Gasteiger partial charge in [0, 0.05) is 31.0 Å². The van der Waals surface area contributed by atoms with Crippen LogP contribution in [0.2, 0.25) is 0 Å². The summed E-state index contributed by atoms with van der Waals surface area (Å²) in [5.41, 5.74) is 5.92. The number of fused-ring (bicyclic) bond motifs is 4. The van der Waals surface area contributed by atoms with Crippen molar-refractivity contribution < 1.29 is 57.4 Å². The van der Waals surface area contributed by atoms with Gasteiger partial charge in [-0.25, -0.2) is 18.0 Å². The lowest BCUT2D eigenvalue weighted by Gasteiger charge is -2.39. The average Bonchev–Trinajstić information content (AvgIpc) is 4.11. The second kappa shape index (κ2) is 24.7. The maximum absolute atomic E-state index is 12.4. The van der Waals surface area contributed by atoms with E-state index in [0.717, 1.165) is 57.3 Å². The molecule has 4 bridgehead atoms. The van der Waals surface area contributed by atoms with Crippen molar-refractivity contribution in [2.24, 2.45) is 11.7 Å². The summed E-state index contributed by atoms with van der Waals surface area (Å²) in [5.74, 6) is 3.02. The van der Waals surface area contributed by atoms with Crippen LogP contribution >= 0.6 is 0 Å². The molecule has 2 aliphatic carbocycles. The number of amides is 4. The first-order chi connectivity index (χ1) is 32.9. The molecule has 4 atom stereocenters. The van der Waals surface area contributed by atoms with Crippen LogP contribution in [-0.4, -0.2) is 140 Å². The summed E-state index contributed by atoms with van der Waals surface area (Å²) in [6.07, 6.45) is 21.1. The number of aromatic nitrogens is 4. The number of hydrogen-bond donors (Lipinski definition) is 2. The fourth-order valence-electron chi connectivity index (χ4n) is 10.8. The summed E-state index contributed by atoms with van der Waals surface area (Å²) in [6.45, 7) is 17.8. The quantitative estimate of drug-likeness (QED) is 0.0740. The number of carbonyl (C=O) groups excluding carboxylic acids is 2. The van der Waals surface area contributed by atoms with Crippen LogP contribution in [0.1, 0.15) is 211 Å². The molecule has 69 heavy (non-hydrogen) atoms. The molecule has 4 aliphatic heterocycles. The highest BCUT2D eigenvalue weighted by Gasteiger charge is 2.50. The van der Waals surface area contributed by atoms with Crippen molar-refractivity contribution in [1.82, 2.24) is 40.3 Å². The van der Waals surface area contributed by atoms with Gasteiger partial charge >= 0.3 is 22.5 Å². The number of hydroxylamine groups is 4. The highest BCUT2D eigenvalue weighted by atomic mass is 32.3. The van der Waals surface area contributed by atoms with E-state index in [1.807, 2.05) is 0 Å². The fraction of sp³-hybridized carbons (Fsp3) is 0.867. The molecule has 24 heteroatoms. The number of unbranched alkanes of at least 4 members (excludes halogenated alkanes) is 4. The first-order valence-electron chi connectivity index (χ1n) is 25.7. The van der Waals surface area contributed by atoms with Crippen molar-refractivity contribution in [2.75, 3.05) is 39.3 Å². The van der Waals surface area contributed by atoms with Gasteiger partial charge in [0.2, 0.25) is 34.0 Å². The van der Waals surface area contributed by atoms with E-state index in [2.05, 4.69) is 63.6 Å². The SMILES string of the molecule is CC1CCC(c2nnc([C@@H]3CC[C@@H]4CN3C(=O)N4OS(=O)(=O)[O-])o2)CC1.CCCC[N+](CCCC)(CCCC)CCCC.NC1CCC(c2nnc([C@@H]3CC[C@@H]4CN3C(=O)N4OS(=O)(=O)O)o2)CC1. The van der Waals surface area contributed by atoms with Crippen LogP contribution in [0.15, 0.2) is 8.83 Å². The summed E-state index contributed by atoms with van der Waals surface area (Å²) in [6, 6.07) is -2.85. The van der Waals surface area contributed by atoms with Crippen molar-refractivity contribution in [1.29, 1.82) is 0 Å². The number of quaternary nitrogens is 1. The first kappa shape index (κ1) is 54.8. The molecule has 0 radical (unpaired) electrons. The van der Waals surface area contributed by atoms with Gasteiger partial charge in [0.1, 0.15) is 12.1 Å². The molecule has 392 valence electrons. The zero-order chi connectivity index (χ0) is 49.9. The number of carbonyl (C=O) groups is 2. The largest absolute Gasteiger partial charge is 0.724 e. The number of urea groups is 2. The topological polar surface area (TPSA) is 281 Å². The molecule has 22 nitrogen and oxygen atoms in total. The third kappa shape index (κ3) is 14.8. The van der Waals surface area contributed by atoms with Crippen LogP contribution in [0.4, 0.5) is 9.59 Å². The van der Waals surface area contributed by atoms with E-state index in [4.69, 9.17) is 19.1 Å². The Balaban J connectivity index is 0.000000175. The normalized spacial score (nSPS) is 27.3. The number of rotatable bonds is 20. The van der Waals surface area contributed by atoms with Gasteiger partial charge in [-0.05, 0) is 109 Å². The maximum Gasteiger partial charge on any atom is 0.418 e. The Morgan fingerprint density at radius 2 is 0.986 bits per heavy atom. The van der Waals surface area contributed by atoms with Gasteiger partial charge in [0.25, 0.3) is 0 Å². The minimum Gasteiger partial charge on any atom is -0.724 e. The predicted molar refractivity (Wildman–Crippen MR) is 250 cm³/mol. The Labute approximate surface area is 408 Å². The molecule has 6 fully saturated rings. The predicted octanol–water partition coefficient (Wildman–Crippen LogP) is 7.43. The lowest BCUT2D eigenvalue weighted by Crippen LogP contribution is -2.50. The van der Waals surface area contributed by atoms with E-state index < -0.39 is 57.0 Å². The van der Waals surface area contributed by atoms with E-state index in [1.165, 1.54) is 91.8 Å². The Bertz CT molecular complexity index is 1990. The average molecular weight is 1020 g/mol. The van der Waals surface area contributed by atoms with Gasteiger partial charge in [0.05, 0.1) is 38.3 Å². The molecule has 4 saturated heterocycles.